The van der Waals surface area contributed by atoms with Gasteiger partial charge >= 0.3 is 17.9 Å². The van der Waals surface area contributed by atoms with Gasteiger partial charge in [0.2, 0.25) is 0 Å². The van der Waals surface area contributed by atoms with E-state index in [1.165, 1.54) is 244 Å². The fourth-order valence-corrected chi connectivity index (χ4v) is 11.1. The first-order valence-corrected chi connectivity index (χ1v) is 36.8. The van der Waals surface area contributed by atoms with Gasteiger partial charge in [0, 0.05) is 19.3 Å². The summed E-state index contributed by atoms with van der Waals surface area (Å²) in [6, 6.07) is 0. The maximum Gasteiger partial charge on any atom is 0.306 e. The van der Waals surface area contributed by atoms with Crippen molar-refractivity contribution in [1.82, 2.24) is 0 Å². The van der Waals surface area contributed by atoms with Gasteiger partial charge in [0.25, 0.3) is 0 Å². The molecule has 0 N–H and O–H groups in total. The zero-order chi connectivity index (χ0) is 59.9. The van der Waals surface area contributed by atoms with Crippen LogP contribution in [-0.4, -0.2) is 37.2 Å². The van der Waals surface area contributed by atoms with E-state index in [1.54, 1.807) is 0 Å². The van der Waals surface area contributed by atoms with Gasteiger partial charge in [-0.1, -0.05) is 370 Å². The quantitative estimate of drug-likeness (QED) is 0.0261. The second-order valence-corrected chi connectivity index (χ2v) is 24.8. The van der Waals surface area contributed by atoms with Gasteiger partial charge in [0.05, 0.1) is 0 Å². The van der Waals surface area contributed by atoms with Crippen LogP contribution in [0.15, 0.2) is 60.8 Å². The van der Waals surface area contributed by atoms with Crippen molar-refractivity contribution >= 4 is 17.9 Å². The van der Waals surface area contributed by atoms with Gasteiger partial charge in [-0.2, -0.15) is 0 Å². The van der Waals surface area contributed by atoms with E-state index in [2.05, 4.69) is 81.5 Å². The van der Waals surface area contributed by atoms with Crippen molar-refractivity contribution in [2.45, 2.75) is 399 Å². The minimum atomic E-state index is -0.784. The Hall–Kier alpha value is -2.89. The van der Waals surface area contributed by atoms with Crippen LogP contribution in [0.3, 0.4) is 0 Å². The molecule has 0 saturated carbocycles. The maximum absolute atomic E-state index is 13.0. The average molecular weight is 1160 g/mol. The van der Waals surface area contributed by atoms with Crippen molar-refractivity contribution in [2.75, 3.05) is 13.2 Å². The number of rotatable bonds is 68. The predicted molar refractivity (Wildman–Crippen MR) is 362 cm³/mol. The Kier molecular flexibility index (Phi) is 69.1. The monoisotopic (exact) mass is 1160 g/mol. The molecule has 6 nitrogen and oxygen atoms in total. The lowest BCUT2D eigenvalue weighted by Gasteiger charge is -2.18. The normalized spacial score (nSPS) is 12.4. The zero-order valence-electron chi connectivity index (χ0n) is 55.7. The van der Waals surface area contributed by atoms with E-state index in [4.69, 9.17) is 14.2 Å². The Morgan fingerprint density at radius 3 is 0.735 bits per heavy atom. The Labute approximate surface area is 517 Å². The molecule has 0 rings (SSSR count). The number of esters is 3. The maximum atomic E-state index is 13.0. The number of carbonyl (C=O) groups is 3. The number of hydrogen-bond acceptors (Lipinski definition) is 6. The van der Waals surface area contributed by atoms with Gasteiger partial charge in [-0.15, -0.1) is 0 Å². The highest BCUT2D eigenvalue weighted by Gasteiger charge is 2.19. The number of unbranched alkanes of at least 4 members (excludes halogenated alkanes) is 47. The van der Waals surface area contributed by atoms with E-state index in [1.807, 2.05) is 0 Å². The summed E-state index contributed by atoms with van der Waals surface area (Å²) in [5.41, 5.74) is 0. The standard InChI is InChI=1S/C77H140O6/c1-4-7-10-13-16-19-22-25-28-31-33-35-36-37-38-39-40-42-43-46-49-52-55-58-61-64-67-70-76(79)82-73-74(72-81-75(78)69-66-63-60-57-54-51-48-45-30-27-24-21-18-15-12-9-6-3)83-77(80)71-68-65-62-59-56-53-50-47-44-41-34-32-29-26-23-20-17-14-11-8-5-2/h8,11,17,20,26,29,34,41,47,50,74H,4-7,9-10,12-16,18-19,21-25,27-28,30-33,35-40,42-46,48-49,51-73H2,1-3H3/b11-8-,20-17-,29-26-,41-34-,50-47-. The minimum absolute atomic E-state index is 0.0771. The molecule has 0 saturated heterocycles. The molecule has 1 atom stereocenters. The summed E-state index contributed by atoms with van der Waals surface area (Å²) >= 11 is 0. The van der Waals surface area contributed by atoms with Crippen LogP contribution in [0, 0.1) is 0 Å². The second kappa shape index (κ2) is 71.6. The number of hydrogen-bond donors (Lipinski definition) is 0. The van der Waals surface area contributed by atoms with E-state index in [0.717, 1.165) is 109 Å². The lowest BCUT2D eigenvalue weighted by atomic mass is 10.0. The first-order valence-electron chi connectivity index (χ1n) is 36.8. The second-order valence-electron chi connectivity index (χ2n) is 24.8. The van der Waals surface area contributed by atoms with Crippen LogP contribution in [0.2, 0.25) is 0 Å². The lowest BCUT2D eigenvalue weighted by Crippen LogP contribution is -2.30. The van der Waals surface area contributed by atoms with Gasteiger partial charge < -0.3 is 14.2 Å². The Morgan fingerprint density at radius 2 is 0.470 bits per heavy atom. The number of ether oxygens (including phenoxy) is 3. The highest BCUT2D eigenvalue weighted by molar-refractivity contribution is 5.71. The van der Waals surface area contributed by atoms with Gasteiger partial charge in [-0.25, -0.2) is 0 Å². The molecular formula is C77H140O6. The first kappa shape index (κ1) is 80.1. The fraction of sp³-hybridized carbons (Fsp3) is 0.831. The van der Waals surface area contributed by atoms with Gasteiger partial charge in [-0.3, -0.25) is 14.4 Å². The highest BCUT2D eigenvalue weighted by Crippen LogP contribution is 2.19. The van der Waals surface area contributed by atoms with Crippen LogP contribution in [0.5, 0.6) is 0 Å². The third-order valence-electron chi connectivity index (χ3n) is 16.5. The molecule has 83 heavy (non-hydrogen) atoms. The molecule has 0 aliphatic rings. The molecule has 484 valence electrons. The summed E-state index contributed by atoms with van der Waals surface area (Å²) in [5.74, 6) is -0.867. The van der Waals surface area contributed by atoms with E-state index in [-0.39, 0.29) is 31.1 Å². The van der Waals surface area contributed by atoms with Crippen molar-refractivity contribution in [2.24, 2.45) is 0 Å². The minimum Gasteiger partial charge on any atom is -0.462 e. The SMILES string of the molecule is CC/C=C\C/C=C\C/C=C\C/C=C\C/C=C\CCCCCCCC(=O)OC(COC(=O)CCCCCCCCCCCCCCCCCCC)COC(=O)CCCCCCCCCCCCCCCCCCCCCCCCCCCCC. The molecule has 1 unspecified atom stereocenters. The lowest BCUT2D eigenvalue weighted by molar-refractivity contribution is -0.167. The summed E-state index contributed by atoms with van der Waals surface area (Å²) in [5, 5.41) is 0. The van der Waals surface area contributed by atoms with Crippen LogP contribution >= 0.6 is 0 Å². The Bertz CT molecular complexity index is 1470. The fourth-order valence-electron chi connectivity index (χ4n) is 11.1. The summed E-state index contributed by atoms with van der Waals surface area (Å²) in [7, 11) is 0. The van der Waals surface area contributed by atoms with Crippen LogP contribution in [-0.2, 0) is 28.6 Å². The van der Waals surface area contributed by atoms with Gasteiger partial charge in [-0.05, 0) is 64.2 Å². The Morgan fingerprint density at radius 1 is 0.253 bits per heavy atom. The Balaban J connectivity index is 4.30. The van der Waals surface area contributed by atoms with E-state index in [9.17, 15) is 14.4 Å². The molecule has 0 bridgehead atoms. The van der Waals surface area contributed by atoms with Crippen molar-refractivity contribution < 1.29 is 28.6 Å². The summed E-state index contributed by atoms with van der Waals surface area (Å²) in [6.07, 6.45) is 92.6. The first-order chi connectivity index (χ1) is 41.0. The molecule has 0 fully saturated rings. The molecule has 0 aromatic rings. The highest BCUT2D eigenvalue weighted by atomic mass is 16.6. The van der Waals surface area contributed by atoms with Crippen LogP contribution in [0.25, 0.3) is 0 Å². The third-order valence-corrected chi connectivity index (χ3v) is 16.5. The molecular weight excluding hydrogens is 1020 g/mol. The van der Waals surface area contributed by atoms with Crippen molar-refractivity contribution in [1.29, 1.82) is 0 Å². The molecule has 0 heterocycles. The van der Waals surface area contributed by atoms with Crippen LogP contribution in [0.4, 0.5) is 0 Å². The zero-order valence-corrected chi connectivity index (χ0v) is 55.7. The largest absolute Gasteiger partial charge is 0.462 e. The van der Waals surface area contributed by atoms with Crippen LogP contribution < -0.4 is 0 Å². The smallest absolute Gasteiger partial charge is 0.306 e. The third kappa shape index (κ3) is 69.8. The van der Waals surface area contributed by atoms with Crippen molar-refractivity contribution in [3.05, 3.63) is 60.8 Å². The topological polar surface area (TPSA) is 78.9 Å². The summed E-state index contributed by atoms with van der Waals surface area (Å²) in [4.78, 5) is 38.5. The van der Waals surface area contributed by atoms with E-state index < -0.39 is 6.10 Å². The van der Waals surface area contributed by atoms with Crippen molar-refractivity contribution in [3.63, 3.8) is 0 Å². The number of allylic oxidation sites excluding steroid dienone is 10. The molecule has 0 aromatic carbocycles. The molecule has 0 amide bonds. The molecule has 0 aliphatic carbocycles. The molecule has 0 aliphatic heterocycles. The van der Waals surface area contributed by atoms with E-state index >= 15 is 0 Å². The van der Waals surface area contributed by atoms with Gasteiger partial charge in [0.15, 0.2) is 6.10 Å². The van der Waals surface area contributed by atoms with Crippen molar-refractivity contribution in [3.8, 4) is 0 Å². The average Bonchev–Trinajstić information content (AvgIpc) is 3.50. The van der Waals surface area contributed by atoms with Gasteiger partial charge in [0.1, 0.15) is 13.2 Å². The summed E-state index contributed by atoms with van der Waals surface area (Å²) < 4.78 is 17.0. The molecule has 6 heteroatoms. The molecule has 0 spiro atoms. The molecule has 0 aromatic heterocycles. The number of carbonyl (C=O) groups excluding carboxylic acids is 3. The van der Waals surface area contributed by atoms with E-state index in [0.29, 0.717) is 19.3 Å². The molecule has 0 radical (unpaired) electrons. The predicted octanol–water partition coefficient (Wildman–Crippen LogP) is 25.5. The van der Waals surface area contributed by atoms with Crippen LogP contribution in [0.1, 0.15) is 393 Å². The summed E-state index contributed by atoms with van der Waals surface area (Å²) in [6.45, 7) is 6.59.